The minimum absolute atomic E-state index is 0.0671. The van der Waals surface area contributed by atoms with E-state index in [4.69, 9.17) is 11.6 Å². The van der Waals surface area contributed by atoms with Crippen molar-refractivity contribution in [3.05, 3.63) is 70.9 Å². The van der Waals surface area contributed by atoms with Crippen molar-refractivity contribution in [2.24, 2.45) is 0 Å². The van der Waals surface area contributed by atoms with Crippen LogP contribution in [0.1, 0.15) is 11.4 Å². The number of nitrogens with one attached hydrogen (secondary N) is 3. The number of hydrogen-bond acceptors (Lipinski definition) is 3. The van der Waals surface area contributed by atoms with Gasteiger partial charge in [0.15, 0.2) is 5.69 Å². The maximum Gasteiger partial charge on any atom is 0.435 e. The predicted octanol–water partition coefficient (Wildman–Crippen LogP) is 4.88. The van der Waals surface area contributed by atoms with E-state index in [-0.39, 0.29) is 17.9 Å². The lowest BCUT2D eigenvalue weighted by Gasteiger charge is -2.11. The lowest BCUT2D eigenvalue weighted by atomic mass is 10.2. The van der Waals surface area contributed by atoms with Gasteiger partial charge in [0, 0.05) is 10.4 Å². The van der Waals surface area contributed by atoms with Crippen molar-refractivity contribution in [1.29, 1.82) is 0 Å². The smallest absolute Gasteiger partial charge is 0.332 e. The second-order valence-electron chi connectivity index (χ2n) is 6.50. The van der Waals surface area contributed by atoms with Crippen LogP contribution in [0.2, 0.25) is 5.02 Å². The summed E-state index contributed by atoms with van der Waals surface area (Å²) < 4.78 is 54.3. The molecular weight excluding hydrogens is 440 g/mol. The molecule has 31 heavy (non-hydrogen) atoms. The Morgan fingerprint density at radius 3 is 2.74 bits per heavy atom. The molecule has 0 radical (unpaired) electrons. The van der Waals surface area contributed by atoms with Crippen LogP contribution in [-0.2, 0) is 12.7 Å². The van der Waals surface area contributed by atoms with Gasteiger partial charge >= 0.3 is 12.2 Å². The number of aromatic amines is 1. The van der Waals surface area contributed by atoms with E-state index in [1.807, 2.05) is 0 Å². The Kier molecular flexibility index (Phi) is 5.27. The monoisotopic (exact) mass is 452 g/mol. The number of nitrogens with zero attached hydrogens (tertiary/aromatic N) is 3. The molecule has 4 rings (SSSR count). The third kappa shape index (κ3) is 4.45. The second kappa shape index (κ2) is 7.91. The lowest BCUT2D eigenvalue weighted by Crippen LogP contribution is -2.29. The van der Waals surface area contributed by atoms with Crippen LogP contribution >= 0.6 is 11.6 Å². The van der Waals surface area contributed by atoms with Gasteiger partial charge in [-0.3, -0.25) is 5.10 Å². The van der Waals surface area contributed by atoms with Crippen LogP contribution in [0.5, 0.6) is 0 Å². The third-order valence-electron chi connectivity index (χ3n) is 4.33. The minimum Gasteiger partial charge on any atom is -0.332 e. The Bertz CT molecular complexity index is 1270. The van der Waals surface area contributed by atoms with Gasteiger partial charge in [-0.1, -0.05) is 17.7 Å². The molecule has 0 saturated heterocycles. The fraction of sp³-hybridized carbons (Fsp3) is 0.105. The van der Waals surface area contributed by atoms with Gasteiger partial charge in [0.05, 0.1) is 35.3 Å². The number of rotatable bonds is 4. The summed E-state index contributed by atoms with van der Waals surface area (Å²) in [6.45, 7) is -0.286. The van der Waals surface area contributed by atoms with Crippen LogP contribution in [0, 0.1) is 5.82 Å². The first-order valence-corrected chi connectivity index (χ1v) is 9.18. The summed E-state index contributed by atoms with van der Waals surface area (Å²) in [6.07, 6.45) is -3.26. The van der Waals surface area contributed by atoms with E-state index >= 15 is 0 Å². The Balaban J connectivity index is 1.56. The average Bonchev–Trinajstić information content (AvgIpc) is 3.33. The second-order valence-corrected chi connectivity index (χ2v) is 6.94. The maximum atomic E-state index is 13.7. The zero-order chi connectivity index (χ0) is 22.2. The van der Waals surface area contributed by atoms with E-state index in [2.05, 4.69) is 25.9 Å². The zero-order valence-electron chi connectivity index (χ0n) is 15.5. The molecule has 0 spiro atoms. The number of carbonyl (C=O) groups excluding carboxylic acids is 1. The number of anilines is 1. The lowest BCUT2D eigenvalue weighted by molar-refractivity contribution is -0.141. The molecule has 0 atom stereocenters. The number of aromatic nitrogens is 4. The number of H-pyrrole nitrogens is 1. The molecule has 0 unspecified atom stereocenters. The summed E-state index contributed by atoms with van der Waals surface area (Å²) in [4.78, 5) is 12.3. The highest BCUT2D eigenvalue weighted by molar-refractivity contribution is 6.30. The Morgan fingerprint density at radius 1 is 1.19 bits per heavy atom. The first kappa shape index (κ1) is 20.7. The average molecular weight is 453 g/mol. The number of amides is 2. The minimum atomic E-state index is -4.67. The molecule has 0 fully saturated rings. The molecule has 2 aromatic heterocycles. The number of hydrogen-bond donors (Lipinski definition) is 3. The van der Waals surface area contributed by atoms with Crippen LogP contribution in [0.4, 0.5) is 28.0 Å². The van der Waals surface area contributed by atoms with Crippen molar-refractivity contribution in [2.75, 3.05) is 5.32 Å². The molecule has 4 aromatic rings. The molecule has 0 aliphatic rings. The molecule has 0 aliphatic carbocycles. The quantitative estimate of drug-likeness (QED) is 0.386. The molecule has 12 heteroatoms. The normalized spacial score (nSPS) is 11.6. The van der Waals surface area contributed by atoms with Crippen LogP contribution in [0.25, 0.3) is 16.6 Å². The molecule has 2 heterocycles. The SMILES string of the molecule is O=C(NCc1cc(C(F)(F)F)nn1-c1cccc(Cl)c1)Nc1cc(F)cc2[nH]ncc12. The van der Waals surface area contributed by atoms with Crippen molar-refractivity contribution in [2.45, 2.75) is 12.7 Å². The molecule has 0 saturated carbocycles. The van der Waals surface area contributed by atoms with E-state index in [0.717, 1.165) is 16.8 Å². The van der Waals surface area contributed by atoms with Gasteiger partial charge in [-0.05, 0) is 36.4 Å². The van der Waals surface area contributed by atoms with Crippen molar-refractivity contribution in [3.63, 3.8) is 0 Å². The first-order valence-electron chi connectivity index (χ1n) is 8.80. The highest BCUT2D eigenvalue weighted by Gasteiger charge is 2.35. The summed E-state index contributed by atoms with van der Waals surface area (Å²) in [5, 5.41) is 15.7. The van der Waals surface area contributed by atoms with Gasteiger partial charge < -0.3 is 10.6 Å². The first-order chi connectivity index (χ1) is 14.7. The number of benzene rings is 2. The highest BCUT2D eigenvalue weighted by atomic mass is 35.5. The highest BCUT2D eigenvalue weighted by Crippen LogP contribution is 2.30. The molecule has 2 amide bonds. The number of urea groups is 1. The van der Waals surface area contributed by atoms with Gasteiger partial charge in [-0.15, -0.1) is 0 Å². The molecule has 7 nitrogen and oxygen atoms in total. The van der Waals surface area contributed by atoms with Crippen LogP contribution in [-0.4, -0.2) is 26.0 Å². The van der Waals surface area contributed by atoms with Gasteiger partial charge in [0.25, 0.3) is 0 Å². The summed E-state index contributed by atoms with van der Waals surface area (Å²) >= 11 is 5.93. The third-order valence-corrected chi connectivity index (χ3v) is 4.56. The van der Waals surface area contributed by atoms with Crippen LogP contribution in [0.15, 0.2) is 48.7 Å². The topological polar surface area (TPSA) is 87.6 Å². The fourth-order valence-corrected chi connectivity index (χ4v) is 3.16. The zero-order valence-corrected chi connectivity index (χ0v) is 16.2. The number of fused-ring (bicyclic) bond motifs is 1. The molecule has 0 aliphatic heterocycles. The molecule has 3 N–H and O–H groups in total. The van der Waals surface area contributed by atoms with E-state index < -0.39 is 23.7 Å². The summed E-state index contributed by atoms with van der Waals surface area (Å²) in [6, 6.07) is 8.52. The van der Waals surface area contributed by atoms with Crippen LogP contribution in [0.3, 0.4) is 0 Å². The van der Waals surface area contributed by atoms with Crippen molar-refractivity contribution in [1.82, 2.24) is 25.3 Å². The number of halogens is 5. The Labute approximate surface area is 177 Å². The molecule has 0 bridgehead atoms. The summed E-state index contributed by atoms with van der Waals surface area (Å²) in [5.41, 5.74) is -0.220. The Hall–Kier alpha value is -3.60. The standard InChI is InChI=1S/C19H13ClF4N6O/c20-10-2-1-3-12(4-10)30-13(7-17(29-30)19(22,23)24)8-25-18(31)27-15-5-11(21)6-16-14(15)9-26-28-16/h1-7,9H,8H2,(H,26,28)(H2,25,27,31). The summed E-state index contributed by atoms with van der Waals surface area (Å²) in [5.74, 6) is -0.596. The molecule has 160 valence electrons. The van der Waals surface area contributed by atoms with Crippen molar-refractivity contribution in [3.8, 4) is 5.69 Å². The summed E-state index contributed by atoms with van der Waals surface area (Å²) in [7, 11) is 0. The number of carbonyl (C=O) groups is 1. The predicted molar refractivity (Wildman–Crippen MR) is 105 cm³/mol. The van der Waals surface area contributed by atoms with Crippen molar-refractivity contribution < 1.29 is 22.4 Å². The molecular formula is C19H13ClF4N6O. The number of alkyl halides is 3. The maximum absolute atomic E-state index is 13.7. The fourth-order valence-electron chi connectivity index (χ4n) is 2.97. The van der Waals surface area contributed by atoms with Gasteiger partial charge in [-0.2, -0.15) is 23.4 Å². The molecule has 2 aromatic carbocycles. The largest absolute Gasteiger partial charge is 0.435 e. The Morgan fingerprint density at radius 2 is 2.00 bits per heavy atom. The van der Waals surface area contributed by atoms with Crippen LogP contribution < -0.4 is 10.6 Å². The van der Waals surface area contributed by atoms with Crippen molar-refractivity contribution >= 4 is 34.2 Å². The van der Waals surface area contributed by atoms with Gasteiger partial charge in [0.2, 0.25) is 0 Å². The van der Waals surface area contributed by atoms with E-state index in [9.17, 15) is 22.4 Å². The van der Waals surface area contributed by atoms with E-state index in [1.165, 1.54) is 24.4 Å². The van der Waals surface area contributed by atoms with E-state index in [1.54, 1.807) is 12.1 Å². The van der Waals surface area contributed by atoms with E-state index in [0.29, 0.717) is 21.6 Å². The van der Waals surface area contributed by atoms with Gasteiger partial charge in [-0.25, -0.2) is 13.9 Å². The van der Waals surface area contributed by atoms with Gasteiger partial charge in [0.1, 0.15) is 5.82 Å².